The molecule has 0 radical (unpaired) electrons. The Balaban J connectivity index is 1.58. The highest BCUT2D eigenvalue weighted by Crippen LogP contribution is 2.21. The first-order valence-electron chi connectivity index (χ1n) is 7.42. The maximum atomic E-state index is 13.1. The Hall–Kier alpha value is -2.02. The molecule has 4 nitrogen and oxygen atoms in total. The van der Waals surface area contributed by atoms with Crippen molar-refractivity contribution in [2.24, 2.45) is 0 Å². The number of carbonyl (C=O) groups excluding carboxylic acids is 1. The van der Waals surface area contributed by atoms with E-state index >= 15 is 0 Å². The normalized spacial score (nSPS) is 12.3. The number of para-hydroxylation sites is 1. The van der Waals surface area contributed by atoms with E-state index in [1.54, 1.807) is 11.3 Å². The van der Waals surface area contributed by atoms with Gasteiger partial charge in [0.15, 0.2) is 6.54 Å². The molecule has 0 aliphatic heterocycles. The number of anilines is 1. The van der Waals surface area contributed by atoms with E-state index in [2.05, 4.69) is 10.3 Å². The number of hydrogen-bond donors (Lipinski definition) is 2. The molecule has 1 heterocycles. The van der Waals surface area contributed by atoms with Crippen molar-refractivity contribution in [3.8, 4) is 0 Å². The molecule has 124 valence electrons. The van der Waals surface area contributed by atoms with E-state index in [9.17, 15) is 9.18 Å². The third-order valence-corrected chi connectivity index (χ3v) is 4.78. The summed E-state index contributed by atoms with van der Waals surface area (Å²) in [5.41, 5.74) is 1.47. The number of likely N-dealkylation sites (N-methyl/N-ethyl adjacent to an activating group) is 1. The Morgan fingerprint density at radius 2 is 2.12 bits per heavy atom. The number of fused-ring (bicyclic) bond motifs is 1. The molecule has 1 aromatic heterocycles. The number of aromatic nitrogens is 1. The van der Waals surface area contributed by atoms with Crippen LogP contribution in [0, 0.1) is 5.82 Å². The summed E-state index contributed by atoms with van der Waals surface area (Å²) in [5.74, 6) is -0.662. The molecule has 2 aromatic carbocycles. The Bertz CT molecular complexity index is 850. The predicted molar refractivity (Wildman–Crippen MR) is 95.1 cm³/mol. The standard InChI is InChI=1S/C17H15ClFN3OS/c1-22(10-17-21-14-4-2-3-5-15(14)24-17)9-16(23)20-11-6-7-13(19)12(18)8-11/h2-8H,9-10H2,1H3,(H,20,23)/p+1. The Labute approximate surface area is 147 Å². The van der Waals surface area contributed by atoms with Gasteiger partial charge in [-0.05, 0) is 30.3 Å². The molecule has 24 heavy (non-hydrogen) atoms. The average Bonchev–Trinajstić information content (AvgIpc) is 2.92. The van der Waals surface area contributed by atoms with Crippen LogP contribution in [0.2, 0.25) is 5.02 Å². The van der Waals surface area contributed by atoms with E-state index in [-0.39, 0.29) is 17.5 Å². The van der Waals surface area contributed by atoms with Gasteiger partial charge in [-0.1, -0.05) is 23.7 Å². The molecule has 0 fully saturated rings. The van der Waals surface area contributed by atoms with Gasteiger partial charge in [0.1, 0.15) is 17.4 Å². The lowest BCUT2D eigenvalue weighted by molar-refractivity contribution is -0.885. The smallest absolute Gasteiger partial charge is 0.279 e. The topological polar surface area (TPSA) is 46.4 Å². The molecule has 2 N–H and O–H groups in total. The summed E-state index contributed by atoms with van der Waals surface area (Å²) in [6, 6.07) is 12.1. The first-order chi connectivity index (χ1) is 11.5. The summed E-state index contributed by atoms with van der Waals surface area (Å²) in [5, 5.41) is 3.71. The fourth-order valence-electron chi connectivity index (χ4n) is 2.37. The lowest BCUT2D eigenvalue weighted by Gasteiger charge is -2.12. The molecular formula is C17H16ClFN3OS+. The van der Waals surface area contributed by atoms with E-state index in [0.717, 1.165) is 20.1 Å². The molecule has 0 aliphatic rings. The largest absolute Gasteiger partial charge is 0.324 e. The summed E-state index contributed by atoms with van der Waals surface area (Å²) < 4.78 is 14.3. The summed E-state index contributed by atoms with van der Waals surface area (Å²) in [4.78, 5) is 17.7. The van der Waals surface area contributed by atoms with Crippen LogP contribution in [0.15, 0.2) is 42.5 Å². The van der Waals surface area contributed by atoms with Crippen LogP contribution in [0.3, 0.4) is 0 Å². The number of rotatable bonds is 5. The minimum Gasteiger partial charge on any atom is -0.324 e. The quantitative estimate of drug-likeness (QED) is 0.731. The molecule has 1 amide bonds. The molecule has 3 aromatic rings. The number of thiazole rings is 1. The minimum atomic E-state index is -0.506. The van der Waals surface area contributed by atoms with Gasteiger partial charge in [0, 0.05) is 5.69 Å². The van der Waals surface area contributed by atoms with Crippen LogP contribution < -0.4 is 10.2 Å². The van der Waals surface area contributed by atoms with Crippen molar-refractivity contribution in [2.75, 3.05) is 18.9 Å². The van der Waals surface area contributed by atoms with Crippen molar-refractivity contribution in [3.63, 3.8) is 0 Å². The van der Waals surface area contributed by atoms with E-state index in [4.69, 9.17) is 11.6 Å². The summed E-state index contributed by atoms with van der Waals surface area (Å²) in [7, 11) is 1.93. The van der Waals surface area contributed by atoms with Crippen LogP contribution in [-0.4, -0.2) is 24.5 Å². The fourth-order valence-corrected chi connectivity index (χ4v) is 3.63. The zero-order valence-corrected chi connectivity index (χ0v) is 14.5. The second kappa shape index (κ2) is 7.25. The SMILES string of the molecule is C[NH+](CC(=O)Nc1ccc(F)c(Cl)c1)Cc1nc2ccccc2s1. The van der Waals surface area contributed by atoms with E-state index in [1.807, 2.05) is 31.3 Å². The maximum Gasteiger partial charge on any atom is 0.279 e. The summed E-state index contributed by atoms with van der Waals surface area (Å²) in [6.45, 7) is 0.946. The van der Waals surface area contributed by atoms with Crippen molar-refractivity contribution < 1.29 is 14.1 Å². The van der Waals surface area contributed by atoms with Crippen LogP contribution in [0.25, 0.3) is 10.2 Å². The molecule has 1 atom stereocenters. The third kappa shape index (κ3) is 4.08. The van der Waals surface area contributed by atoms with Crippen molar-refractivity contribution >= 4 is 44.7 Å². The molecule has 1 unspecified atom stereocenters. The van der Waals surface area contributed by atoms with Crippen LogP contribution in [0.4, 0.5) is 10.1 Å². The van der Waals surface area contributed by atoms with Crippen molar-refractivity contribution in [1.82, 2.24) is 4.98 Å². The number of halogens is 2. The second-order valence-corrected chi connectivity index (χ2v) is 7.09. The van der Waals surface area contributed by atoms with Crippen molar-refractivity contribution in [1.29, 1.82) is 0 Å². The number of carbonyl (C=O) groups is 1. The van der Waals surface area contributed by atoms with Crippen LogP contribution in [-0.2, 0) is 11.3 Å². The molecule has 0 spiro atoms. The van der Waals surface area contributed by atoms with Gasteiger partial charge in [-0.25, -0.2) is 9.37 Å². The molecule has 0 aliphatic carbocycles. The Kier molecular flexibility index (Phi) is 5.08. The lowest BCUT2D eigenvalue weighted by Crippen LogP contribution is -3.08. The molecule has 0 saturated heterocycles. The predicted octanol–water partition coefficient (Wildman–Crippen LogP) is 2.74. The lowest BCUT2D eigenvalue weighted by atomic mass is 10.3. The maximum absolute atomic E-state index is 13.1. The van der Waals surface area contributed by atoms with E-state index in [0.29, 0.717) is 12.2 Å². The monoisotopic (exact) mass is 364 g/mol. The Morgan fingerprint density at radius 3 is 2.88 bits per heavy atom. The number of amides is 1. The van der Waals surface area contributed by atoms with Gasteiger partial charge in [-0.15, -0.1) is 11.3 Å². The number of hydrogen-bond acceptors (Lipinski definition) is 3. The molecule has 7 heteroatoms. The van der Waals surface area contributed by atoms with E-state index in [1.165, 1.54) is 18.2 Å². The fraction of sp³-hybridized carbons (Fsp3) is 0.176. The third-order valence-electron chi connectivity index (χ3n) is 3.46. The Morgan fingerprint density at radius 1 is 1.33 bits per heavy atom. The second-order valence-electron chi connectivity index (χ2n) is 5.56. The highest BCUT2D eigenvalue weighted by molar-refractivity contribution is 7.18. The van der Waals surface area contributed by atoms with Crippen molar-refractivity contribution in [2.45, 2.75) is 6.54 Å². The number of quaternary nitrogens is 1. The van der Waals surface area contributed by atoms with Gasteiger partial charge in [0.05, 0.1) is 22.3 Å². The van der Waals surface area contributed by atoms with E-state index < -0.39 is 5.82 Å². The molecule has 0 bridgehead atoms. The van der Waals surface area contributed by atoms with Crippen molar-refractivity contribution in [3.05, 3.63) is 58.3 Å². The van der Waals surface area contributed by atoms with Gasteiger partial charge >= 0.3 is 0 Å². The molecule has 0 saturated carbocycles. The number of nitrogens with one attached hydrogen (secondary N) is 2. The number of benzene rings is 2. The number of nitrogens with zero attached hydrogens (tertiary/aromatic N) is 1. The van der Waals surface area contributed by atoms with Gasteiger partial charge in [-0.3, -0.25) is 4.79 Å². The van der Waals surface area contributed by atoms with Crippen LogP contribution >= 0.6 is 22.9 Å². The van der Waals surface area contributed by atoms with Gasteiger partial charge in [0.25, 0.3) is 5.91 Å². The zero-order chi connectivity index (χ0) is 17.1. The average molecular weight is 365 g/mol. The van der Waals surface area contributed by atoms with Crippen LogP contribution in [0.5, 0.6) is 0 Å². The van der Waals surface area contributed by atoms with Gasteiger partial charge < -0.3 is 10.2 Å². The highest BCUT2D eigenvalue weighted by atomic mass is 35.5. The highest BCUT2D eigenvalue weighted by Gasteiger charge is 2.14. The zero-order valence-electron chi connectivity index (χ0n) is 13.0. The van der Waals surface area contributed by atoms with Gasteiger partial charge in [-0.2, -0.15) is 0 Å². The summed E-state index contributed by atoms with van der Waals surface area (Å²) >= 11 is 7.35. The summed E-state index contributed by atoms with van der Waals surface area (Å²) in [6.07, 6.45) is 0. The van der Waals surface area contributed by atoms with Crippen LogP contribution in [0.1, 0.15) is 5.01 Å². The first-order valence-corrected chi connectivity index (χ1v) is 8.61. The molecular weight excluding hydrogens is 349 g/mol. The van der Waals surface area contributed by atoms with Gasteiger partial charge in [0.2, 0.25) is 0 Å². The minimum absolute atomic E-state index is 0.0111. The molecule has 3 rings (SSSR count). The first kappa shape index (κ1) is 16.8.